The number of fused-ring (bicyclic) bond motifs is 5. The average Bonchev–Trinajstić information content (AvgIpc) is 1.65. The highest BCUT2D eigenvalue weighted by Gasteiger charge is 2.19. The molecule has 0 aliphatic carbocycles. The van der Waals surface area contributed by atoms with Crippen molar-refractivity contribution < 1.29 is 26.9 Å². The second-order valence-electron chi connectivity index (χ2n) is 26.1. The Morgan fingerprint density at radius 2 is 0.433 bits per heavy atom. The minimum absolute atomic E-state index is 0.185. The molecule has 0 radical (unpaired) electrons. The summed E-state index contributed by atoms with van der Waals surface area (Å²) in [7, 11) is 3.38. The second kappa shape index (κ2) is 36.4. The molecule has 27 nitrogen and oxygen atoms in total. The van der Waals surface area contributed by atoms with Gasteiger partial charge in [0.05, 0.1) is 0 Å². The lowest BCUT2D eigenvalue weighted by atomic mass is 10.2. The Bertz CT molecular complexity index is 6720. The van der Waals surface area contributed by atoms with Gasteiger partial charge in [-0.05, 0) is 156 Å². The molecule has 120 heavy (non-hydrogen) atoms. The van der Waals surface area contributed by atoms with Crippen LogP contribution in [0.2, 0.25) is 0 Å². The summed E-state index contributed by atoms with van der Waals surface area (Å²) in [5.41, 5.74) is 3.43. The van der Waals surface area contributed by atoms with Crippen molar-refractivity contribution in [1.29, 1.82) is 0 Å². The van der Waals surface area contributed by atoms with E-state index in [0.717, 1.165) is 85.4 Å². The number of aromatic nitrogens is 15. The van der Waals surface area contributed by atoms with Gasteiger partial charge in [0.2, 0.25) is 31.2 Å². The van der Waals surface area contributed by atoms with Crippen LogP contribution in [0, 0.1) is 34.6 Å². The number of halogens is 5. The molecule has 0 saturated heterocycles. The lowest BCUT2D eigenvalue weighted by Crippen LogP contribution is -2.23. The van der Waals surface area contributed by atoms with E-state index in [1.54, 1.807) is 44.5 Å². The first-order valence-electron chi connectivity index (χ1n) is 35.6. The zero-order chi connectivity index (χ0) is 84.2. The molecule has 0 N–H and O–H groups in total. The van der Waals surface area contributed by atoms with Gasteiger partial charge in [0.1, 0.15) is 80.3 Å². The van der Waals surface area contributed by atoms with E-state index >= 15 is 0 Å². The third-order valence-electron chi connectivity index (χ3n) is 16.8. The third kappa shape index (κ3) is 19.6. The molecular weight excluding hydrogens is 1960 g/mol. The molecule has 0 spiro atoms. The molecule has 20 aromatic rings. The van der Waals surface area contributed by atoms with Crippen molar-refractivity contribution in [3.05, 3.63) is 336 Å². The van der Waals surface area contributed by atoms with E-state index in [1.807, 2.05) is 217 Å². The maximum atomic E-state index is 12.4. The molecule has 0 aliphatic rings. The monoisotopic (exact) mass is 2010 g/mol. The molecular formula is C83H57Br5N16O11S5. The van der Waals surface area contributed by atoms with Crippen molar-refractivity contribution in [2.24, 2.45) is 0 Å². The van der Waals surface area contributed by atoms with Gasteiger partial charge in [-0.1, -0.05) is 197 Å². The van der Waals surface area contributed by atoms with Gasteiger partial charge in [-0.3, -0.25) is 28.8 Å². The molecule has 15 heterocycles. The van der Waals surface area contributed by atoms with Crippen LogP contribution in [-0.2, 0) is 4.79 Å². The van der Waals surface area contributed by atoms with Crippen LogP contribution in [0.3, 0.4) is 0 Å². The minimum Gasteiger partial charge on any atom is -0.462 e. The van der Waals surface area contributed by atoms with Crippen LogP contribution < -0.4 is 50.5 Å². The maximum Gasteiger partial charge on any atom is 0.291 e. The number of thiazole rings is 5. The minimum atomic E-state index is -0.185. The van der Waals surface area contributed by atoms with Crippen molar-refractivity contribution in [3.8, 4) is 56.9 Å². The number of amides is 1. The van der Waals surface area contributed by atoms with Gasteiger partial charge in [0.25, 0.3) is 27.8 Å². The molecule has 5 aromatic carbocycles. The van der Waals surface area contributed by atoms with Crippen LogP contribution in [0.4, 0.5) is 0 Å². The molecule has 37 heteroatoms. The summed E-state index contributed by atoms with van der Waals surface area (Å²) in [5, 5.41) is 21.6. The van der Waals surface area contributed by atoms with Crippen LogP contribution in [0.15, 0.2) is 250 Å². The van der Waals surface area contributed by atoms with Gasteiger partial charge in [0, 0.05) is 94.7 Å². The van der Waals surface area contributed by atoms with Crippen molar-refractivity contribution in [1.82, 2.24) is 77.9 Å². The maximum absolute atomic E-state index is 12.4. The first-order chi connectivity index (χ1) is 57.8. The van der Waals surface area contributed by atoms with Crippen molar-refractivity contribution in [2.45, 2.75) is 34.6 Å². The van der Waals surface area contributed by atoms with Gasteiger partial charge in [0.15, 0.2) is 29.1 Å². The summed E-state index contributed by atoms with van der Waals surface area (Å²) in [6.45, 7) is 9.32. The van der Waals surface area contributed by atoms with Crippen molar-refractivity contribution in [3.63, 3.8) is 0 Å². The molecule has 0 fully saturated rings. The van der Waals surface area contributed by atoms with Gasteiger partial charge in [-0.2, -0.15) is 47.5 Å². The number of aryl methyl sites for hydroxylation is 5. The number of hydrogen-bond donors (Lipinski definition) is 0. The molecule has 0 aliphatic heterocycles. The molecule has 15 aromatic heterocycles. The van der Waals surface area contributed by atoms with Crippen LogP contribution in [0.5, 0.6) is 0 Å². The van der Waals surface area contributed by atoms with Crippen LogP contribution in [0.1, 0.15) is 57.6 Å². The number of benzene rings is 5. The number of furan rings is 5. The predicted molar refractivity (Wildman–Crippen MR) is 482 cm³/mol. The van der Waals surface area contributed by atoms with E-state index in [9.17, 15) is 28.8 Å². The molecule has 0 bridgehead atoms. The van der Waals surface area contributed by atoms with Gasteiger partial charge in [-0.15, -0.1) is 25.5 Å². The first-order valence-corrected chi connectivity index (χ1v) is 43.6. The second-order valence-corrected chi connectivity index (χ2v) is 35.7. The standard InChI is InChI=1S/5C16H10BrN3O2S.C3H7NO/c5*1-9-2-7-12(22-9)8-13-15(21)20-16(23-13)18-14(19-20)10-3-5-11(17)6-4-10;1-4(2)3-5/h5*2-8H,1H3;3H,1-2H3/b5*13-8+;. The molecule has 0 saturated carbocycles. The first kappa shape index (κ1) is 83.3. The number of hydrogen-bond acceptors (Lipinski definition) is 26. The van der Waals surface area contributed by atoms with Crippen LogP contribution in [0.25, 0.3) is 112 Å². The largest absolute Gasteiger partial charge is 0.462 e. The van der Waals surface area contributed by atoms with Gasteiger partial charge < -0.3 is 27.0 Å². The Labute approximate surface area is 737 Å². The normalized spacial score (nSPS) is 12.1. The van der Waals surface area contributed by atoms with Gasteiger partial charge in [-0.25, -0.2) is 0 Å². The summed E-state index contributed by atoms with van der Waals surface area (Å²) in [6.07, 6.45) is 9.34. The third-order valence-corrected chi connectivity index (χ3v) is 24.2. The summed E-state index contributed by atoms with van der Waals surface area (Å²) in [5.74, 6) is 10.00. The van der Waals surface area contributed by atoms with E-state index in [4.69, 9.17) is 22.1 Å². The fourth-order valence-corrected chi connectivity index (χ4v) is 16.8. The summed E-state index contributed by atoms with van der Waals surface area (Å²) in [6, 6.07) is 56.7. The summed E-state index contributed by atoms with van der Waals surface area (Å²) in [4.78, 5) is 98.1. The summed E-state index contributed by atoms with van der Waals surface area (Å²) < 4.78 is 41.8. The van der Waals surface area contributed by atoms with E-state index in [2.05, 4.69) is 130 Å². The number of carbonyl (C=O) groups excluding carboxylic acids is 1. The highest BCUT2D eigenvalue weighted by molar-refractivity contribution is 9.11. The highest BCUT2D eigenvalue weighted by atomic mass is 79.9. The topological polar surface area (TPSA) is 322 Å². The SMILES string of the molecule is CN(C)C=O.Cc1ccc(/C=c2/sc3nc(-c4ccc(Br)cc4)nn3c2=O)o1.Cc1ccc(/C=c2/sc3nc(-c4ccc(Br)cc4)nn3c2=O)o1.Cc1ccc(/C=c2/sc3nc(-c4ccc(Br)cc4)nn3c2=O)o1.Cc1ccc(/C=c2/sc3nc(-c4ccc(Br)cc4)nn3c2=O)o1.Cc1ccc(/C=c2/sc3nc(-c4ccc(Br)cc4)nn3c2=O)o1. The number of carbonyl (C=O) groups is 1. The Balaban J connectivity index is 0.000000115. The number of nitrogens with zero attached hydrogens (tertiary/aromatic N) is 16. The molecule has 600 valence electrons. The molecule has 1 amide bonds. The zero-order valence-electron chi connectivity index (χ0n) is 63.4. The Kier molecular flexibility index (Phi) is 25.3. The lowest BCUT2D eigenvalue weighted by molar-refractivity contribution is -0.115. The zero-order valence-corrected chi connectivity index (χ0v) is 75.4. The van der Waals surface area contributed by atoms with Crippen LogP contribution >= 0.6 is 136 Å². The van der Waals surface area contributed by atoms with E-state index in [0.29, 0.717) is 105 Å². The molecule has 0 atom stereocenters. The molecule has 20 rings (SSSR count). The Morgan fingerprint density at radius 1 is 0.275 bits per heavy atom. The predicted octanol–water partition coefficient (Wildman–Crippen LogP) is 14.9. The van der Waals surface area contributed by atoms with E-state index in [-0.39, 0.29) is 27.8 Å². The number of rotatable bonds is 11. The average molecular weight is 2010 g/mol. The summed E-state index contributed by atoms with van der Waals surface area (Å²) >= 11 is 23.5. The van der Waals surface area contributed by atoms with Crippen molar-refractivity contribution >= 4 is 198 Å². The highest BCUT2D eigenvalue weighted by Crippen LogP contribution is 2.26. The fraction of sp³-hybridized carbons (Fsp3) is 0.0843. The van der Waals surface area contributed by atoms with Crippen molar-refractivity contribution in [2.75, 3.05) is 14.1 Å². The molecule has 0 unspecified atom stereocenters. The smallest absolute Gasteiger partial charge is 0.291 e. The lowest BCUT2D eigenvalue weighted by Gasteiger charge is -1.94. The van der Waals surface area contributed by atoms with Gasteiger partial charge >= 0.3 is 0 Å². The fourth-order valence-electron chi connectivity index (χ4n) is 11.1. The Morgan fingerprint density at radius 3 is 0.558 bits per heavy atom. The Hall–Kier alpha value is -11.8. The van der Waals surface area contributed by atoms with E-state index < -0.39 is 0 Å². The van der Waals surface area contributed by atoms with E-state index in [1.165, 1.54) is 84.2 Å². The quantitative estimate of drug-likeness (QED) is 0.109. The van der Waals surface area contributed by atoms with Crippen LogP contribution in [-0.4, -0.2) is 98.4 Å².